The molecule has 82 valence electrons. The zero-order valence-electron chi connectivity index (χ0n) is 8.45. The van der Waals surface area contributed by atoms with E-state index >= 15 is 0 Å². The lowest BCUT2D eigenvalue weighted by Gasteiger charge is -2.05. The molecular weight excluding hydrogens is 214 g/mol. The monoisotopic (exact) mass is 227 g/mol. The number of hydrogen-bond acceptors (Lipinski definition) is 4. The van der Waals surface area contributed by atoms with Crippen LogP contribution in [0.1, 0.15) is 6.42 Å². The molecule has 1 aromatic heterocycles. The van der Waals surface area contributed by atoms with Gasteiger partial charge < -0.3 is 10.1 Å². The minimum Gasteiger partial charge on any atom is -0.379 e. The van der Waals surface area contributed by atoms with Crippen molar-refractivity contribution in [3.63, 3.8) is 0 Å². The molecule has 0 aliphatic carbocycles. The first kappa shape index (κ1) is 11.9. The highest BCUT2D eigenvalue weighted by Gasteiger charge is 1.94. The predicted octanol–water partition coefficient (Wildman–Crippen LogP) is 2.13. The number of aromatic nitrogens is 2. The van der Waals surface area contributed by atoms with Crippen molar-refractivity contribution >= 4 is 17.4 Å². The van der Waals surface area contributed by atoms with E-state index in [1.165, 1.54) is 6.20 Å². The Bertz CT molecular complexity index is 306. The molecule has 0 aliphatic rings. The first-order chi connectivity index (χ1) is 7.33. The van der Waals surface area contributed by atoms with Gasteiger partial charge in [-0.25, -0.2) is 4.98 Å². The molecular formula is C10H14ClN3O. The number of nitrogens with one attached hydrogen (secondary N) is 1. The number of anilines is 1. The molecule has 15 heavy (non-hydrogen) atoms. The van der Waals surface area contributed by atoms with Crippen molar-refractivity contribution in [3.05, 3.63) is 30.2 Å². The Morgan fingerprint density at radius 3 is 3.07 bits per heavy atom. The number of halogens is 1. The van der Waals surface area contributed by atoms with Gasteiger partial charge in [0.2, 0.25) is 0 Å². The lowest BCUT2D eigenvalue weighted by molar-refractivity contribution is 0.149. The summed E-state index contributed by atoms with van der Waals surface area (Å²) >= 11 is 5.67. The highest BCUT2D eigenvalue weighted by molar-refractivity contribution is 6.29. The molecule has 0 spiro atoms. The molecule has 0 saturated heterocycles. The summed E-state index contributed by atoms with van der Waals surface area (Å²) in [7, 11) is 0. The molecule has 1 rings (SSSR count). The second-order valence-electron chi connectivity index (χ2n) is 2.84. The van der Waals surface area contributed by atoms with Gasteiger partial charge in [0.25, 0.3) is 0 Å². The van der Waals surface area contributed by atoms with Crippen LogP contribution in [0.25, 0.3) is 0 Å². The number of hydrogen-bond donors (Lipinski definition) is 1. The van der Waals surface area contributed by atoms with E-state index in [-0.39, 0.29) is 0 Å². The second kappa shape index (κ2) is 7.20. The third-order valence-corrected chi connectivity index (χ3v) is 1.81. The summed E-state index contributed by atoms with van der Waals surface area (Å²) in [5.41, 5.74) is 0. The van der Waals surface area contributed by atoms with Gasteiger partial charge in [-0.15, -0.1) is 6.58 Å². The smallest absolute Gasteiger partial charge is 0.149 e. The van der Waals surface area contributed by atoms with E-state index in [1.807, 2.05) is 6.08 Å². The second-order valence-corrected chi connectivity index (χ2v) is 3.23. The Morgan fingerprint density at radius 1 is 1.47 bits per heavy atom. The fourth-order valence-corrected chi connectivity index (χ4v) is 1.09. The third-order valence-electron chi connectivity index (χ3n) is 1.62. The maximum atomic E-state index is 5.67. The fraction of sp³-hybridized carbons (Fsp3) is 0.400. The van der Waals surface area contributed by atoms with Crippen molar-refractivity contribution in [3.8, 4) is 0 Å². The molecule has 0 amide bonds. The van der Waals surface area contributed by atoms with Gasteiger partial charge in [-0.2, -0.15) is 0 Å². The normalized spacial score (nSPS) is 9.93. The van der Waals surface area contributed by atoms with E-state index in [1.54, 1.807) is 6.20 Å². The molecule has 1 aromatic rings. The molecule has 0 radical (unpaired) electrons. The summed E-state index contributed by atoms with van der Waals surface area (Å²) in [6, 6.07) is 0. The minimum atomic E-state index is 0.382. The lowest BCUT2D eigenvalue weighted by atomic mass is 10.4. The van der Waals surface area contributed by atoms with Crippen LogP contribution in [0.2, 0.25) is 5.15 Å². The van der Waals surface area contributed by atoms with Gasteiger partial charge in [-0.3, -0.25) is 4.98 Å². The standard InChI is InChI=1S/C10H14ClN3O/c1-2-3-5-15-6-4-13-10-8-12-7-9(11)14-10/h2,7-8H,1,3-6H2,(H,13,14). The molecule has 0 saturated carbocycles. The van der Waals surface area contributed by atoms with Crippen molar-refractivity contribution in [2.45, 2.75) is 6.42 Å². The Labute approximate surface area is 94.3 Å². The van der Waals surface area contributed by atoms with E-state index in [0.29, 0.717) is 30.7 Å². The lowest BCUT2D eigenvalue weighted by Crippen LogP contribution is -2.10. The third kappa shape index (κ3) is 5.34. The Kier molecular flexibility index (Phi) is 5.73. The predicted molar refractivity (Wildman–Crippen MR) is 61.2 cm³/mol. The molecule has 5 heteroatoms. The zero-order chi connectivity index (χ0) is 10.9. The van der Waals surface area contributed by atoms with Crippen molar-refractivity contribution in [2.75, 3.05) is 25.1 Å². The van der Waals surface area contributed by atoms with Gasteiger partial charge in [0.05, 0.1) is 25.6 Å². The Morgan fingerprint density at radius 2 is 2.33 bits per heavy atom. The van der Waals surface area contributed by atoms with Crippen LogP contribution >= 0.6 is 11.6 Å². The van der Waals surface area contributed by atoms with Crippen LogP contribution < -0.4 is 5.32 Å². The van der Waals surface area contributed by atoms with Crippen LogP contribution in [0.15, 0.2) is 25.0 Å². The molecule has 4 nitrogen and oxygen atoms in total. The summed E-state index contributed by atoms with van der Waals surface area (Å²) in [6.45, 7) is 5.62. The molecule has 0 bridgehead atoms. The molecule has 0 atom stereocenters. The highest BCUT2D eigenvalue weighted by Crippen LogP contribution is 2.05. The van der Waals surface area contributed by atoms with Gasteiger partial charge in [-0.05, 0) is 6.42 Å². The van der Waals surface area contributed by atoms with Crippen LogP contribution in [0.4, 0.5) is 5.82 Å². The maximum absolute atomic E-state index is 5.67. The Hall–Kier alpha value is -1.13. The van der Waals surface area contributed by atoms with E-state index in [4.69, 9.17) is 16.3 Å². The number of rotatable bonds is 7. The van der Waals surface area contributed by atoms with E-state index in [0.717, 1.165) is 6.42 Å². The highest BCUT2D eigenvalue weighted by atomic mass is 35.5. The Balaban J connectivity index is 2.12. The van der Waals surface area contributed by atoms with Crippen LogP contribution in [-0.4, -0.2) is 29.7 Å². The summed E-state index contributed by atoms with van der Waals surface area (Å²) in [5, 5.41) is 3.44. The summed E-state index contributed by atoms with van der Waals surface area (Å²) in [4.78, 5) is 7.93. The molecule has 0 fully saturated rings. The first-order valence-electron chi connectivity index (χ1n) is 4.73. The maximum Gasteiger partial charge on any atom is 0.149 e. The number of ether oxygens (including phenoxy) is 1. The molecule has 0 aromatic carbocycles. The van der Waals surface area contributed by atoms with Crippen molar-refractivity contribution in [2.24, 2.45) is 0 Å². The topological polar surface area (TPSA) is 47.0 Å². The van der Waals surface area contributed by atoms with E-state index < -0.39 is 0 Å². The first-order valence-corrected chi connectivity index (χ1v) is 5.11. The van der Waals surface area contributed by atoms with Gasteiger partial charge in [-0.1, -0.05) is 17.7 Å². The van der Waals surface area contributed by atoms with Gasteiger partial charge >= 0.3 is 0 Å². The van der Waals surface area contributed by atoms with Crippen molar-refractivity contribution in [1.82, 2.24) is 9.97 Å². The quantitative estimate of drug-likeness (QED) is 0.573. The van der Waals surface area contributed by atoms with Crippen molar-refractivity contribution < 1.29 is 4.74 Å². The van der Waals surface area contributed by atoms with Crippen LogP contribution in [0.3, 0.4) is 0 Å². The molecule has 1 N–H and O–H groups in total. The minimum absolute atomic E-state index is 0.382. The van der Waals surface area contributed by atoms with Gasteiger partial charge in [0.15, 0.2) is 0 Å². The number of nitrogens with zero attached hydrogens (tertiary/aromatic N) is 2. The van der Waals surface area contributed by atoms with Gasteiger partial charge in [0.1, 0.15) is 11.0 Å². The van der Waals surface area contributed by atoms with Crippen LogP contribution in [0, 0.1) is 0 Å². The average molecular weight is 228 g/mol. The van der Waals surface area contributed by atoms with E-state index in [2.05, 4.69) is 21.9 Å². The van der Waals surface area contributed by atoms with Gasteiger partial charge in [0, 0.05) is 6.54 Å². The molecule has 0 aliphatic heterocycles. The summed E-state index contributed by atoms with van der Waals surface area (Å²) < 4.78 is 5.31. The summed E-state index contributed by atoms with van der Waals surface area (Å²) in [5.74, 6) is 0.662. The average Bonchev–Trinajstić information content (AvgIpc) is 2.23. The SMILES string of the molecule is C=CCCOCCNc1cncc(Cl)n1. The van der Waals surface area contributed by atoms with Crippen molar-refractivity contribution in [1.29, 1.82) is 0 Å². The largest absolute Gasteiger partial charge is 0.379 e. The summed E-state index contributed by atoms with van der Waals surface area (Å²) in [6.07, 6.45) is 5.82. The molecule has 1 heterocycles. The fourth-order valence-electron chi connectivity index (χ4n) is 0.947. The molecule has 0 unspecified atom stereocenters. The zero-order valence-corrected chi connectivity index (χ0v) is 9.20. The van der Waals surface area contributed by atoms with Crippen LogP contribution in [-0.2, 0) is 4.74 Å². The van der Waals surface area contributed by atoms with Crippen LogP contribution in [0.5, 0.6) is 0 Å². The van der Waals surface area contributed by atoms with E-state index in [9.17, 15) is 0 Å².